The van der Waals surface area contributed by atoms with E-state index in [1.165, 1.54) is 18.0 Å². The predicted molar refractivity (Wildman–Crippen MR) is 95.4 cm³/mol. The molecule has 2 aromatic heterocycles. The molecule has 1 fully saturated rings. The van der Waals surface area contributed by atoms with Gasteiger partial charge in [-0.15, -0.1) is 0 Å². The van der Waals surface area contributed by atoms with E-state index in [0.717, 1.165) is 25.0 Å². The molecule has 6 heteroatoms. The summed E-state index contributed by atoms with van der Waals surface area (Å²) in [4.78, 5) is 27.3. The van der Waals surface area contributed by atoms with Crippen molar-refractivity contribution in [3.63, 3.8) is 0 Å². The van der Waals surface area contributed by atoms with E-state index in [9.17, 15) is 4.79 Å². The molecule has 4 rings (SSSR count). The van der Waals surface area contributed by atoms with Crippen LogP contribution >= 0.6 is 0 Å². The first kappa shape index (κ1) is 16.4. The maximum Gasteiger partial charge on any atom is 0.274 e. The van der Waals surface area contributed by atoms with Crippen LogP contribution in [0.1, 0.15) is 53.0 Å². The molecule has 26 heavy (non-hydrogen) atoms. The number of amides is 1. The van der Waals surface area contributed by atoms with Crippen molar-refractivity contribution in [2.45, 2.75) is 31.7 Å². The number of benzene rings is 1. The van der Waals surface area contributed by atoms with Crippen LogP contribution < -0.4 is 0 Å². The highest BCUT2D eigenvalue weighted by Crippen LogP contribution is 2.31. The second kappa shape index (κ2) is 7.47. The van der Waals surface area contributed by atoms with Crippen molar-refractivity contribution in [1.29, 1.82) is 0 Å². The summed E-state index contributed by atoms with van der Waals surface area (Å²) in [6, 6.07) is 9.99. The van der Waals surface area contributed by atoms with Crippen molar-refractivity contribution in [3.8, 4) is 0 Å². The van der Waals surface area contributed by atoms with Gasteiger partial charge in [-0.2, -0.15) is 0 Å². The molecule has 1 amide bonds. The lowest BCUT2D eigenvalue weighted by molar-refractivity contribution is 0.0563. The first-order chi connectivity index (χ1) is 12.8. The van der Waals surface area contributed by atoms with Crippen LogP contribution in [-0.2, 0) is 6.42 Å². The Morgan fingerprint density at radius 1 is 1.12 bits per heavy atom. The van der Waals surface area contributed by atoms with Crippen molar-refractivity contribution in [2.75, 3.05) is 6.54 Å². The zero-order chi connectivity index (χ0) is 17.8. The molecule has 1 aliphatic heterocycles. The SMILES string of the molecule is O=C(c1cnccn1)N1CCCCC1c1ncc(Cc2ccccc2)o1. The molecule has 1 aliphatic rings. The minimum absolute atomic E-state index is 0.120. The smallest absolute Gasteiger partial charge is 0.274 e. The molecule has 132 valence electrons. The van der Waals surface area contributed by atoms with Crippen molar-refractivity contribution in [2.24, 2.45) is 0 Å². The average Bonchev–Trinajstić information content (AvgIpc) is 3.17. The number of piperidine rings is 1. The Labute approximate surface area is 151 Å². The van der Waals surface area contributed by atoms with E-state index >= 15 is 0 Å². The predicted octanol–water partition coefficient (Wildman–Crippen LogP) is 3.42. The van der Waals surface area contributed by atoms with E-state index < -0.39 is 0 Å². The van der Waals surface area contributed by atoms with Crippen molar-refractivity contribution in [3.05, 3.63) is 78.0 Å². The van der Waals surface area contributed by atoms with Gasteiger partial charge in [0.25, 0.3) is 5.91 Å². The van der Waals surface area contributed by atoms with Crippen LogP contribution in [0.15, 0.2) is 59.5 Å². The molecule has 0 radical (unpaired) electrons. The number of nitrogens with zero attached hydrogens (tertiary/aromatic N) is 4. The van der Waals surface area contributed by atoms with E-state index in [1.54, 1.807) is 12.4 Å². The Morgan fingerprint density at radius 3 is 2.81 bits per heavy atom. The maximum atomic E-state index is 12.8. The number of oxazole rings is 1. The van der Waals surface area contributed by atoms with Crippen molar-refractivity contribution in [1.82, 2.24) is 19.9 Å². The van der Waals surface area contributed by atoms with Gasteiger partial charge in [-0.3, -0.25) is 9.78 Å². The molecule has 1 aromatic carbocycles. The van der Waals surface area contributed by atoms with Gasteiger partial charge in [0, 0.05) is 25.4 Å². The monoisotopic (exact) mass is 348 g/mol. The summed E-state index contributed by atoms with van der Waals surface area (Å²) in [5, 5.41) is 0. The summed E-state index contributed by atoms with van der Waals surface area (Å²) >= 11 is 0. The number of likely N-dealkylation sites (tertiary alicyclic amines) is 1. The molecule has 3 heterocycles. The fourth-order valence-corrected chi connectivity index (χ4v) is 3.34. The van der Waals surface area contributed by atoms with Gasteiger partial charge in [0.1, 0.15) is 17.5 Å². The largest absolute Gasteiger partial charge is 0.443 e. The molecular weight excluding hydrogens is 328 g/mol. The lowest BCUT2D eigenvalue weighted by Gasteiger charge is -2.33. The minimum Gasteiger partial charge on any atom is -0.443 e. The summed E-state index contributed by atoms with van der Waals surface area (Å²) in [5.74, 6) is 1.29. The van der Waals surface area contributed by atoms with Crippen molar-refractivity contribution >= 4 is 5.91 Å². The molecular formula is C20H20N4O2. The summed E-state index contributed by atoms with van der Waals surface area (Å²) in [6.07, 6.45) is 9.93. The van der Waals surface area contributed by atoms with E-state index in [4.69, 9.17) is 4.42 Å². The van der Waals surface area contributed by atoms with E-state index in [0.29, 0.717) is 24.6 Å². The first-order valence-electron chi connectivity index (χ1n) is 8.87. The van der Waals surface area contributed by atoms with Gasteiger partial charge in [-0.25, -0.2) is 9.97 Å². The van der Waals surface area contributed by atoms with Gasteiger partial charge in [-0.1, -0.05) is 30.3 Å². The molecule has 0 aliphatic carbocycles. The Balaban J connectivity index is 1.54. The molecule has 1 saturated heterocycles. The zero-order valence-corrected chi connectivity index (χ0v) is 14.4. The third-order valence-electron chi connectivity index (χ3n) is 4.62. The van der Waals surface area contributed by atoms with Crippen LogP contribution in [0, 0.1) is 0 Å². The van der Waals surface area contributed by atoms with Crippen LogP contribution in [0.25, 0.3) is 0 Å². The minimum atomic E-state index is -0.150. The van der Waals surface area contributed by atoms with Gasteiger partial charge in [0.05, 0.1) is 12.4 Å². The molecule has 0 N–H and O–H groups in total. The average molecular weight is 348 g/mol. The van der Waals surface area contributed by atoms with Gasteiger partial charge in [0.2, 0.25) is 5.89 Å². The fourth-order valence-electron chi connectivity index (χ4n) is 3.34. The quantitative estimate of drug-likeness (QED) is 0.722. The third-order valence-corrected chi connectivity index (χ3v) is 4.62. The third kappa shape index (κ3) is 3.49. The topological polar surface area (TPSA) is 72.1 Å². The second-order valence-electron chi connectivity index (χ2n) is 6.43. The number of carbonyl (C=O) groups is 1. The maximum absolute atomic E-state index is 12.8. The van der Waals surface area contributed by atoms with E-state index in [-0.39, 0.29) is 11.9 Å². The van der Waals surface area contributed by atoms with Gasteiger partial charge < -0.3 is 9.32 Å². The van der Waals surface area contributed by atoms with E-state index in [2.05, 4.69) is 27.1 Å². The van der Waals surface area contributed by atoms with Crippen molar-refractivity contribution < 1.29 is 9.21 Å². The Kier molecular flexibility index (Phi) is 4.73. The summed E-state index contributed by atoms with van der Waals surface area (Å²) < 4.78 is 6.00. The summed E-state index contributed by atoms with van der Waals surface area (Å²) in [6.45, 7) is 0.677. The number of carbonyl (C=O) groups excluding carboxylic acids is 1. The summed E-state index contributed by atoms with van der Waals surface area (Å²) in [7, 11) is 0. The molecule has 1 unspecified atom stereocenters. The lowest BCUT2D eigenvalue weighted by atomic mass is 10.0. The van der Waals surface area contributed by atoms with E-state index in [1.807, 2.05) is 23.1 Å². The van der Waals surface area contributed by atoms with Gasteiger partial charge in [-0.05, 0) is 24.8 Å². The standard InChI is InChI=1S/C20H20N4O2/c25-20(17-14-21-9-10-22-17)24-11-5-4-8-18(24)19-23-13-16(26-19)12-15-6-2-1-3-7-15/h1-3,6-7,9-10,13-14,18H,4-5,8,11-12H2. The zero-order valence-electron chi connectivity index (χ0n) is 14.4. The fraction of sp³-hybridized carbons (Fsp3) is 0.300. The van der Waals surface area contributed by atoms with Crippen LogP contribution in [0.2, 0.25) is 0 Å². The number of rotatable bonds is 4. The highest BCUT2D eigenvalue weighted by molar-refractivity contribution is 5.92. The van der Waals surface area contributed by atoms with Gasteiger partial charge in [0.15, 0.2) is 0 Å². The molecule has 0 bridgehead atoms. The van der Waals surface area contributed by atoms with Crippen LogP contribution in [0.4, 0.5) is 0 Å². The van der Waals surface area contributed by atoms with Crippen LogP contribution in [-0.4, -0.2) is 32.3 Å². The molecule has 3 aromatic rings. The number of aromatic nitrogens is 3. The summed E-state index contributed by atoms with van der Waals surface area (Å²) in [5.41, 5.74) is 1.53. The first-order valence-corrected chi connectivity index (χ1v) is 8.87. The highest BCUT2D eigenvalue weighted by Gasteiger charge is 2.32. The number of hydrogen-bond acceptors (Lipinski definition) is 5. The van der Waals surface area contributed by atoms with Crippen LogP contribution in [0.3, 0.4) is 0 Å². The molecule has 6 nitrogen and oxygen atoms in total. The Morgan fingerprint density at radius 2 is 2.00 bits per heavy atom. The molecule has 1 atom stereocenters. The van der Waals surface area contributed by atoms with Gasteiger partial charge >= 0.3 is 0 Å². The van der Waals surface area contributed by atoms with Crippen LogP contribution in [0.5, 0.6) is 0 Å². The highest BCUT2D eigenvalue weighted by atomic mass is 16.4. The lowest BCUT2D eigenvalue weighted by Crippen LogP contribution is -2.39. The molecule has 0 spiro atoms. The Bertz CT molecular complexity index is 864. The second-order valence-corrected chi connectivity index (χ2v) is 6.43. The molecule has 0 saturated carbocycles. The number of hydrogen-bond donors (Lipinski definition) is 0. The Hall–Kier alpha value is -3.02. The normalized spacial score (nSPS) is 17.2.